The smallest absolute Gasteiger partial charge is 0.283 e. The fourth-order valence-electron chi connectivity index (χ4n) is 3.63. The number of nitrogens with zero attached hydrogens (tertiary/aromatic N) is 3. The first-order valence-electron chi connectivity index (χ1n) is 10.1. The molecule has 0 saturated heterocycles. The molecule has 2 aromatic carbocycles. The van der Waals surface area contributed by atoms with E-state index in [0.29, 0.717) is 28.8 Å². The largest absolute Gasteiger partial charge is 0.497 e. The molecule has 1 N–H and O–H groups in total. The summed E-state index contributed by atoms with van der Waals surface area (Å²) in [6.07, 6.45) is 3.37. The molecule has 9 nitrogen and oxygen atoms in total. The van der Waals surface area contributed by atoms with E-state index in [1.807, 2.05) is 35.0 Å². The van der Waals surface area contributed by atoms with E-state index in [1.54, 1.807) is 43.7 Å². The molecule has 0 saturated carbocycles. The third-order valence-corrected chi connectivity index (χ3v) is 5.17. The molecular formula is C24H20N4O5. The number of ether oxygens (including phenoxy) is 2. The standard InChI is InChI=1S/C24H20N4O5/c1-30-15-9-10-18(21(12-15)31-2)25-22(29)14-28-13-17(16-6-3-4-7-19(16)28)23-26-27-24(33-23)20-8-5-11-32-20/h3-13H,14H2,1-2H3,(H,25,29). The summed E-state index contributed by atoms with van der Waals surface area (Å²) in [6.45, 7) is 0.0782. The number of fused-ring (bicyclic) bond motifs is 1. The highest BCUT2D eigenvalue weighted by Gasteiger charge is 2.19. The molecule has 3 aromatic heterocycles. The van der Waals surface area contributed by atoms with Crippen molar-refractivity contribution in [2.24, 2.45) is 0 Å². The maximum atomic E-state index is 12.9. The van der Waals surface area contributed by atoms with Crippen LogP contribution >= 0.6 is 0 Å². The summed E-state index contributed by atoms with van der Waals surface area (Å²) >= 11 is 0. The number of hydrogen-bond acceptors (Lipinski definition) is 7. The Bertz CT molecular complexity index is 1420. The van der Waals surface area contributed by atoms with Crippen LogP contribution in [0.3, 0.4) is 0 Å². The number of hydrogen-bond donors (Lipinski definition) is 1. The van der Waals surface area contributed by atoms with Gasteiger partial charge in [0.25, 0.3) is 5.89 Å². The van der Waals surface area contributed by atoms with Crippen LogP contribution in [-0.2, 0) is 11.3 Å². The Morgan fingerprint density at radius 3 is 2.67 bits per heavy atom. The zero-order valence-electron chi connectivity index (χ0n) is 17.9. The highest BCUT2D eigenvalue weighted by atomic mass is 16.5. The number of carbonyl (C=O) groups excluding carboxylic acids is 1. The van der Waals surface area contributed by atoms with E-state index in [9.17, 15) is 4.79 Å². The van der Waals surface area contributed by atoms with Crippen LogP contribution in [-0.4, -0.2) is 34.9 Å². The van der Waals surface area contributed by atoms with E-state index in [1.165, 1.54) is 7.11 Å². The third kappa shape index (κ3) is 3.91. The van der Waals surface area contributed by atoms with Gasteiger partial charge in [-0.2, -0.15) is 0 Å². The molecule has 0 spiro atoms. The minimum atomic E-state index is -0.215. The fourth-order valence-corrected chi connectivity index (χ4v) is 3.63. The number of anilines is 1. The summed E-state index contributed by atoms with van der Waals surface area (Å²) in [5, 5.41) is 12.0. The summed E-state index contributed by atoms with van der Waals surface area (Å²) in [5.74, 6) is 2.05. The van der Waals surface area contributed by atoms with Gasteiger partial charge in [0.2, 0.25) is 11.8 Å². The first kappa shape index (κ1) is 20.4. The van der Waals surface area contributed by atoms with Gasteiger partial charge in [-0.3, -0.25) is 4.79 Å². The lowest BCUT2D eigenvalue weighted by molar-refractivity contribution is -0.116. The van der Waals surface area contributed by atoms with Gasteiger partial charge in [-0.1, -0.05) is 18.2 Å². The first-order chi connectivity index (χ1) is 16.2. The molecule has 0 unspecified atom stereocenters. The van der Waals surface area contributed by atoms with Crippen molar-refractivity contribution in [3.8, 4) is 34.6 Å². The molecule has 1 amide bonds. The quantitative estimate of drug-likeness (QED) is 0.391. The fraction of sp³-hybridized carbons (Fsp3) is 0.125. The van der Waals surface area contributed by atoms with Gasteiger partial charge in [-0.25, -0.2) is 0 Å². The number of aromatic nitrogens is 3. The number of amides is 1. The summed E-state index contributed by atoms with van der Waals surface area (Å²) in [4.78, 5) is 12.9. The third-order valence-electron chi connectivity index (χ3n) is 5.17. The monoisotopic (exact) mass is 444 g/mol. The van der Waals surface area contributed by atoms with Crippen LogP contribution in [0.4, 0.5) is 5.69 Å². The molecule has 0 aliphatic rings. The average Bonchev–Trinajstić information content (AvgIpc) is 3.59. The zero-order valence-corrected chi connectivity index (χ0v) is 17.9. The molecule has 0 bridgehead atoms. The first-order valence-corrected chi connectivity index (χ1v) is 10.1. The molecule has 5 aromatic rings. The van der Waals surface area contributed by atoms with E-state index in [0.717, 1.165) is 16.5 Å². The molecule has 5 rings (SSSR count). The van der Waals surface area contributed by atoms with E-state index in [2.05, 4.69) is 15.5 Å². The SMILES string of the molecule is COc1ccc(NC(=O)Cn2cc(-c3nnc(-c4ccco4)o3)c3ccccc32)c(OC)c1. The number of para-hydroxylation sites is 1. The van der Waals surface area contributed by atoms with E-state index < -0.39 is 0 Å². The number of methoxy groups -OCH3 is 2. The van der Waals surface area contributed by atoms with Crippen LogP contribution in [0.5, 0.6) is 11.5 Å². The molecule has 166 valence electrons. The van der Waals surface area contributed by atoms with Gasteiger partial charge in [0.05, 0.1) is 31.7 Å². The van der Waals surface area contributed by atoms with Crippen LogP contribution in [0.1, 0.15) is 0 Å². The van der Waals surface area contributed by atoms with Gasteiger partial charge in [0.1, 0.15) is 18.0 Å². The Balaban J connectivity index is 1.43. The predicted octanol–water partition coefficient (Wildman–Crippen LogP) is 4.61. The topological polar surface area (TPSA) is 105 Å². The van der Waals surface area contributed by atoms with Crippen molar-refractivity contribution < 1.29 is 23.1 Å². The highest BCUT2D eigenvalue weighted by Crippen LogP contribution is 2.32. The molecule has 0 aliphatic carbocycles. The van der Waals surface area contributed by atoms with Gasteiger partial charge in [0.15, 0.2) is 5.76 Å². The Labute approximate surface area is 188 Å². The van der Waals surface area contributed by atoms with Crippen LogP contribution in [0.25, 0.3) is 34.0 Å². The van der Waals surface area contributed by atoms with Crippen molar-refractivity contribution in [1.29, 1.82) is 0 Å². The van der Waals surface area contributed by atoms with Crippen molar-refractivity contribution in [3.63, 3.8) is 0 Å². The molecule has 0 fully saturated rings. The van der Waals surface area contributed by atoms with Crippen LogP contribution in [0.15, 0.2) is 75.9 Å². The van der Waals surface area contributed by atoms with Crippen molar-refractivity contribution in [2.45, 2.75) is 6.54 Å². The van der Waals surface area contributed by atoms with Crippen molar-refractivity contribution in [2.75, 3.05) is 19.5 Å². The lowest BCUT2D eigenvalue weighted by atomic mass is 10.2. The Morgan fingerprint density at radius 1 is 1.03 bits per heavy atom. The lowest BCUT2D eigenvalue weighted by Gasteiger charge is -2.12. The van der Waals surface area contributed by atoms with Gasteiger partial charge in [-0.05, 0) is 30.3 Å². The maximum absolute atomic E-state index is 12.9. The second kappa shape index (κ2) is 8.54. The van der Waals surface area contributed by atoms with E-state index in [-0.39, 0.29) is 18.3 Å². The van der Waals surface area contributed by atoms with Gasteiger partial charge < -0.3 is 28.2 Å². The number of nitrogens with one attached hydrogen (secondary N) is 1. The van der Waals surface area contributed by atoms with Crippen LogP contribution in [0, 0.1) is 0 Å². The van der Waals surface area contributed by atoms with Gasteiger partial charge in [0, 0.05) is 23.2 Å². The molecule has 33 heavy (non-hydrogen) atoms. The van der Waals surface area contributed by atoms with Crippen molar-refractivity contribution >= 4 is 22.5 Å². The zero-order chi connectivity index (χ0) is 22.8. The Morgan fingerprint density at radius 2 is 1.88 bits per heavy atom. The van der Waals surface area contributed by atoms with E-state index >= 15 is 0 Å². The molecule has 9 heteroatoms. The summed E-state index contributed by atoms with van der Waals surface area (Å²) in [5.41, 5.74) is 2.15. The molecular weight excluding hydrogens is 424 g/mol. The lowest BCUT2D eigenvalue weighted by Crippen LogP contribution is -2.18. The second-order valence-corrected chi connectivity index (χ2v) is 7.19. The maximum Gasteiger partial charge on any atom is 0.283 e. The number of furan rings is 1. The number of rotatable bonds is 7. The van der Waals surface area contributed by atoms with Crippen molar-refractivity contribution in [3.05, 3.63) is 67.1 Å². The Hall–Kier alpha value is -4.53. The summed E-state index contributed by atoms with van der Waals surface area (Å²) < 4.78 is 23.6. The van der Waals surface area contributed by atoms with E-state index in [4.69, 9.17) is 18.3 Å². The van der Waals surface area contributed by atoms with Crippen LogP contribution < -0.4 is 14.8 Å². The van der Waals surface area contributed by atoms with Gasteiger partial charge >= 0.3 is 0 Å². The minimum Gasteiger partial charge on any atom is -0.497 e. The second-order valence-electron chi connectivity index (χ2n) is 7.19. The molecule has 0 radical (unpaired) electrons. The Kier molecular flexibility index (Phi) is 5.27. The van der Waals surface area contributed by atoms with Gasteiger partial charge in [-0.15, -0.1) is 10.2 Å². The van der Waals surface area contributed by atoms with Crippen LogP contribution in [0.2, 0.25) is 0 Å². The minimum absolute atomic E-state index is 0.0782. The highest BCUT2D eigenvalue weighted by molar-refractivity contribution is 5.97. The molecule has 3 heterocycles. The summed E-state index contributed by atoms with van der Waals surface area (Å²) in [6, 6.07) is 16.4. The molecule has 0 aliphatic heterocycles. The molecule has 0 atom stereocenters. The normalized spacial score (nSPS) is 11.0. The number of benzene rings is 2. The average molecular weight is 444 g/mol. The van der Waals surface area contributed by atoms with Crippen molar-refractivity contribution in [1.82, 2.24) is 14.8 Å². The summed E-state index contributed by atoms with van der Waals surface area (Å²) in [7, 11) is 3.11. The predicted molar refractivity (Wildman–Crippen MR) is 121 cm³/mol. The number of carbonyl (C=O) groups is 1.